The van der Waals surface area contributed by atoms with Gasteiger partial charge in [0, 0.05) is 12.1 Å². The molecule has 0 atom stereocenters. The van der Waals surface area contributed by atoms with Crippen LogP contribution in [0.5, 0.6) is 0 Å². The number of sulfone groups is 1. The van der Waals surface area contributed by atoms with Crippen LogP contribution in [0.1, 0.15) is 12.0 Å². The average Bonchev–Trinajstić information content (AvgIpc) is 2.50. The molecule has 1 N–H and O–H groups in total. The Morgan fingerprint density at radius 2 is 1.70 bits per heavy atom. The van der Waals surface area contributed by atoms with Crippen molar-refractivity contribution in [2.45, 2.75) is 12.2 Å². The lowest BCUT2D eigenvalue weighted by Crippen LogP contribution is -2.18. The van der Waals surface area contributed by atoms with Crippen LogP contribution in [0.15, 0.2) is 48.5 Å². The summed E-state index contributed by atoms with van der Waals surface area (Å²) in [5.41, 5.74) is 1.18. The summed E-state index contributed by atoms with van der Waals surface area (Å²) < 4.78 is 24.2. The summed E-state index contributed by atoms with van der Waals surface area (Å²) in [6.45, 7) is 0. The molecule has 0 aliphatic carbocycles. The normalized spacial score (nSPS) is 11.2. The van der Waals surface area contributed by atoms with Crippen LogP contribution >= 0.6 is 23.2 Å². The summed E-state index contributed by atoms with van der Waals surface area (Å²) in [5.74, 6) is -0.747. The van der Waals surface area contributed by atoms with E-state index in [1.165, 1.54) is 6.07 Å². The average molecular weight is 372 g/mol. The highest BCUT2D eigenvalue weighted by Gasteiger charge is 2.15. The Bertz CT molecular complexity index is 792. The van der Waals surface area contributed by atoms with Crippen LogP contribution in [0.3, 0.4) is 0 Å². The van der Waals surface area contributed by atoms with Gasteiger partial charge in [0.05, 0.1) is 21.6 Å². The van der Waals surface area contributed by atoms with Crippen LogP contribution in [0.2, 0.25) is 10.0 Å². The molecule has 4 nitrogen and oxygen atoms in total. The predicted octanol–water partition coefficient (Wildman–Crippen LogP) is 3.94. The van der Waals surface area contributed by atoms with Gasteiger partial charge in [-0.25, -0.2) is 8.42 Å². The van der Waals surface area contributed by atoms with E-state index < -0.39 is 9.84 Å². The molecule has 0 radical (unpaired) electrons. The summed E-state index contributed by atoms with van der Waals surface area (Å²) in [5, 5.41) is 3.33. The number of benzene rings is 2. The quantitative estimate of drug-likeness (QED) is 0.836. The lowest BCUT2D eigenvalue weighted by molar-refractivity contribution is -0.115. The van der Waals surface area contributed by atoms with Gasteiger partial charge in [0.25, 0.3) is 0 Å². The molecule has 0 bridgehead atoms. The Balaban J connectivity index is 1.90. The molecular weight excluding hydrogens is 357 g/mol. The molecule has 0 heterocycles. The summed E-state index contributed by atoms with van der Waals surface area (Å²) in [6.07, 6.45) is -0.0987. The van der Waals surface area contributed by atoms with Crippen LogP contribution in [-0.2, 0) is 20.4 Å². The van der Waals surface area contributed by atoms with Gasteiger partial charge in [-0.05, 0) is 29.8 Å². The maximum atomic E-state index is 12.1. The van der Waals surface area contributed by atoms with Crippen LogP contribution in [-0.4, -0.2) is 20.1 Å². The van der Waals surface area contributed by atoms with E-state index in [4.69, 9.17) is 23.2 Å². The highest BCUT2D eigenvalue weighted by molar-refractivity contribution is 7.90. The van der Waals surface area contributed by atoms with Crippen molar-refractivity contribution < 1.29 is 13.2 Å². The van der Waals surface area contributed by atoms with Gasteiger partial charge in [-0.1, -0.05) is 47.5 Å². The molecule has 7 heteroatoms. The molecule has 0 saturated carbocycles. The van der Waals surface area contributed by atoms with E-state index >= 15 is 0 Å². The smallest absolute Gasteiger partial charge is 0.225 e. The van der Waals surface area contributed by atoms with Crippen LogP contribution < -0.4 is 5.32 Å². The van der Waals surface area contributed by atoms with Crippen molar-refractivity contribution in [2.75, 3.05) is 11.1 Å². The molecule has 0 aliphatic rings. The second-order valence-corrected chi connectivity index (χ2v) is 8.00. The predicted molar refractivity (Wildman–Crippen MR) is 93.6 cm³/mol. The van der Waals surface area contributed by atoms with Gasteiger partial charge in [-0.15, -0.1) is 0 Å². The minimum Gasteiger partial charge on any atom is -0.326 e. The Hall–Kier alpha value is -1.56. The lowest BCUT2D eigenvalue weighted by Gasteiger charge is -2.07. The maximum absolute atomic E-state index is 12.1. The first-order valence-electron chi connectivity index (χ1n) is 6.85. The molecule has 0 unspecified atom stereocenters. The van der Waals surface area contributed by atoms with Crippen molar-refractivity contribution in [1.29, 1.82) is 0 Å². The van der Waals surface area contributed by atoms with Gasteiger partial charge in [0.1, 0.15) is 0 Å². The fourth-order valence-electron chi connectivity index (χ4n) is 1.95. The van der Waals surface area contributed by atoms with Crippen molar-refractivity contribution in [2.24, 2.45) is 0 Å². The molecule has 2 aromatic rings. The summed E-state index contributed by atoms with van der Waals surface area (Å²) >= 11 is 11.7. The van der Waals surface area contributed by atoms with Crippen molar-refractivity contribution in [3.05, 3.63) is 64.1 Å². The van der Waals surface area contributed by atoms with Gasteiger partial charge in [0.15, 0.2) is 9.84 Å². The number of carbonyl (C=O) groups excluding carboxylic acids is 1. The molecule has 0 aliphatic heterocycles. The van der Waals surface area contributed by atoms with Gasteiger partial charge in [0.2, 0.25) is 5.91 Å². The van der Waals surface area contributed by atoms with Crippen molar-refractivity contribution in [3.63, 3.8) is 0 Å². The van der Waals surface area contributed by atoms with Crippen molar-refractivity contribution >= 4 is 44.6 Å². The van der Waals surface area contributed by atoms with E-state index in [0.717, 1.165) is 0 Å². The van der Waals surface area contributed by atoms with E-state index in [1.807, 2.05) is 6.07 Å². The molecule has 2 aromatic carbocycles. The summed E-state index contributed by atoms with van der Waals surface area (Å²) in [7, 11) is -3.41. The van der Waals surface area contributed by atoms with Crippen molar-refractivity contribution in [1.82, 2.24) is 0 Å². The number of para-hydroxylation sites is 1. The summed E-state index contributed by atoms with van der Waals surface area (Å²) in [4.78, 5) is 11.8. The molecule has 122 valence electrons. The van der Waals surface area contributed by atoms with Gasteiger partial charge in [-0.3, -0.25) is 4.79 Å². The standard InChI is InChI=1S/C16H15Cl2NO3S/c17-14-7-6-12(10-15(14)18)11-23(21,22)9-8-16(20)19-13-4-2-1-3-5-13/h1-7,10H,8-9,11H2,(H,19,20). The second kappa shape index (κ2) is 7.81. The Labute approximate surface area is 145 Å². The third-order valence-corrected chi connectivity index (χ3v) is 5.41. The van der Waals surface area contributed by atoms with E-state index in [0.29, 0.717) is 21.3 Å². The molecule has 0 spiro atoms. The van der Waals surface area contributed by atoms with E-state index in [1.54, 1.807) is 36.4 Å². The van der Waals surface area contributed by atoms with Gasteiger partial charge < -0.3 is 5.32 Å². The van der Waals surface area contributed by atoms with E-state index in [-0.39, 0.29) is 23.8 Å². The molecule has 1 amide bonds. The monoisotopic (exact) mass is 371 g/mol. The molecule has 2 rings (SSSR count). The number of hydrogen-bond acceptors (Lipinski definition) is 3. The maximum Gasteiger partial charge on any atom is 0.225 e. The fourth-order valence-corrected chi connectivity index (χ4v) is 3.60. The number of halogens is 2. The molecule has 0 aromatic heterocycles. The minimum absolute atomic E-state index is 0.0987. The number of carbonyl (C=O) groups is 1. The Morgan fingerprint density at radius 3 is 2.35 bits per heavy atom. The zero-order valence-corrected chi connectivity index (χ0v) is 14.5. The Kier molecular flexibility index (Phi) is 6.04. The number of nitrogens with one attached hydrogen (secondary N) is 1. The minimum atomic E-state index is -3.41. The zero-order chi connectivity index (χ0) is 16.9. The van der Waals surface area contributed by atoms with Gasteiger partial charge >= 0.3 is 0 Å². The highest BCUT2D eigenvalue weighted by Crippen LogP contribution is 2.23. The third kappa shape index (κ3) is 5.86. The number of hydrogen-bond donors (Lipinski definition) is 1. The first-order valence-corrected chi connectivity index (χ1v) is 9.43. The first kappa shape index (κ1) is 17.8. The molecule has 0 saturated heterocycles. The van der Waals surface area contributed by atoms with Crippen LogP contribution in [0.4, 0.5) is 5.69 Å². The molecular formula is C16H15Cl2NO3S. The van der Waals surface area contributed by atoms with Crippen molar-refractivity contribution in [3.8, 4) is 0 Å². The van der Waals surface area contributed by atoms with E-state index in [2.05, 4.69) is 5.32 Å². The highest BCUT2D eigenvalue weighted by atomic mass is 35.5. The largest absolute Gasteiger partial charge is 0.326 e. The number of anilines is 1. The number of rotatable bonds is 6. The lowest BCUT2D eigenvalue weighted by atomic mass is 10.2. The SMILES string of the molecule is O=C(CCS(=O)(=O)Cc1ccc(Cl)c(Cl)c1)Nc1ccccc1. The fraction of sp³-hybridized carbons (Fsp3) is 0.188. The third-order valence-electron chi connectivity index (χ3n) is 3.07. The second-order valence-electron chi connectivity index (χ2n) is 5.00. The van der Waals surface area contributed by atoms with E-state index in [9.17, 15) is 13.2 Å². The van der Waals surface area contributed by atoms with Gasteiger partial charge in [-0.2, -0.15) is 0 Å². The van der Waals surface area contributed by atoms with Crippen LogP contribution in [0.25, 0.3) is 0 Å². The Morgan fingerprint density at radius 1 is 1.00 bits per heavy atom. The van der Waals surface area contributed by atoms with Crippen LogP contribution in [0, 0.1) is 0 Å². The number of amides is 1. The molecule has 0 fully saturated rings. The topological polar surface area (TPSA) is 63.2 Å². The summed E-state index contributed by atoms with van der Waals surface area (Å²) in [6, 6.07) is 13.6. The molecule has 23 heavy (non-hydrogen) atoms. The first-order chi connectivity index (χ1) is 10.9. The zero-order valence-electron chi connectivity index (χ0n) is 12.1.